The molecule has 1 N–H and O–H groups in total. The van der Waals surface area contributed by atoms with Crippen molar-refractivity contribution in [2.75, 3.05) is 7.05 Å². The number of aryl methyl sites for hydroxylation is 1. The Morgan fingerprint density at radius 3 is 2.54 bits per heavy atom. The first-order valence-corrected chi connectivity index (χ1v) is 8.87. The van der Waals surface area contributed by atoms with Gasteiger partial charge in [-0.05, 0) is 60.8 Å². The Kier molecular flexibility index (Phi) is 7.81. The van der Waals surface area contributed by atoms with E-state index in [-0.39, 0.29) is 42.8 Å². The number of likely N-dealkylation sites (N-methyl/N-ethyl adjacent to an activating group) is 1. The zero-order valence-corrected chi connectivity index (χ0v) is 17.1. The van der Waals surface area contributed by atoms with E-state index in [9.17, 15) is 4.39 Å². The third-order valence-corrected chi connectivity index (χ3v) is 4.93. The maximum Gasteiger partial charge on any atom is 0.123 e. The number of halogens is 3. The number of fused-ring (bicyclic) bond motifs is 1. The summed E-state index contributed by atoms with van der Waals surface area (Å²) >= 11 is 0. The third-order valence-electron chi connectivity index (χ3n) is 4.93. The normalized spacial score (nSPS) is 16.0. The van der Waals surface area contributed by atoms with Gasteiger partial charge in [0.2, 0.25) is 0 Å². The standard InChI is InChI=1S/C22H21FN2O.2ClH/c1-24-22(21-11-8-16-4-2-3-5-20(16)26-21)18-12-17(13-25-14-18)15-6-9-19(23)10-7-15;;/h2-7,9-10,12-14,21-22,24H,8,11H2,1H3;2*1H/t21-,22?;;/m0../s1. The summed E-state index contributed by atoms with van der Waals surface area (Å²) < 4.78 is 19.4. The van der Waals surface area contributed by atoms with Crippen molar-refractivity contribution in [3.63, 3.8) is 0 Å². The largest absolute Gasteiger partial charge is 0.488 e. The van der Waals surface area contributed by atoms with Gasteiger partial charge < -0.3 is 10.1 Å². The van der Waals surface area contributed by atoms with E-state index < -0.39 is 0 Å². The highest BCUT2D eigenvalue weighted by atomic mass is 35.5. The van der Waals surface area contributed by atoms with E-state index in [4.69, 9.17) is 4.74 Å². The molecule has 0 bridgehead atoms. The number of pyridine rings is 1. The fourth-order valence-corrected chi connectivity index (χ4v) is 3.58. The first kappa shape index (κ1) is 22.2. The van der Waals surface area contributed by atoms with Crippen molar-refractivity contribution in [1.29, 1.82) is 0 Å². The first-order chi connectivity index (χ1) is 12.7. The van der Waals surface area contributed by atoms with Crippen LogP contribution in [0.25, 0.3) is 11.1 Å². The molecule has 2 atom stereocenters. The fourth-order valence-electron chi connectivity index (χ4n) is 3.58. The van der Waals surface area contributed by atoms with Crippen LogP contribution in [0.2, 0.25) is 0 Å². The molecule has 3 nitrogen and oxygen atoms in total. The van der Waals surface area contributed by atoms with Crippen molar-refractivity contribution in [3.05, 3.63) is 83.9 Å². The Balaban J connectivity index is 0.00000140. The zero-order chi connectivity index (χ0) is 17.9. The molecule has 2 aromatic carbocycles. The van der Waals surface area contributed by atoms with Gasteiger partial charge in [0.25, 0.3) is 0 Å². The number of nitrogens with one attached hydrogen (secondary N) is 1. The molecule has 6 heteroatoms. The smallest absolute Gasteiger partial charge is 0.123 e. The molecule has 28 heavy (non-hydrogen) atoms. The van der Waals surface area contributed by atoms with Gasteiger partial charge in [0.15, 0.2) is 0 Å². The average Bonchev–Trinajstić information content (AvgIpc) is 2.69. The van der Waals surface area contributed by atoms with Crippen LogP contribution in [0.4, 0.5) is 4.39 Å². The Hall–Kier alpha value is -2.14. The number of hydrogen-bond acceptors (Lipinski definition) is 3. The zero-order valence-electron chi connectivity index (χ0n) is 15.5. The van der Waals surface area contributed by atoms with Crippen LogP contribution in [0.15, 0.2) is 67.0 Å². The van der Waals surface area contributed by atoms with Gasteiger partial charge in [-0.1, -0.05) is 30.3 Å². The summed E-state index contributed by atoms with van der Waals surface area (Å²) in [4.78, 5) is 4.40. The molecule has 0 radical (unpaired) electrons. The quantitative estimate of drug-likeness (QED) is 0.614. The van der Waals surface area contributed by atoms with Crippen LogP contribution in [0.3, 0.4) is 0 Å². The third kappa shape index (κ3) is 4.64. The van der Waals surface area contributed by atoms with E-state index in [1.807, 2.05) is 31.4 Å². The number of ether oxygens (including phenoxy) is 1. The second-order valence-corrected chi connectivity index (χ2v) is 6.58. The van der Waals surface area contributed by atoms with Crippen LogP contribution >= 0.6 is 24.8 Å². The van der Waals surface area contributed by atoms with E-state index in [0.717, 1.165) is 35.3 Å². The molecule has 0 saturated carbocycles. The Bertz CT molecular complexity index is 905. The van der Waals surface area contributed by atoms with Gasteiger partial charge in [0, 0.05) is 18.0 Å². The van der Waals surface area contributed by atoms with Gasteiger partial charge in [-0.2, -0.15) is 0 Å². The maximum absolute atomic E-state index is 13.2. The van der Waals surface area contributed by atoms with Gasteiger partial charge in [-0.15, -0.1) is 24.8 Å². The highest BCUT2D eigenvalue weighted by molar-refractivity contribution is 5.85. The minimum Gasteiger partial charge on any atom is -0.488 e. The molecule has 1 unspecified atom stereocenters. The van der Waals surface area contributed by atoms with E-state index >= 15 is 0 Å². The summed E-state index contributed by atoms with van der Waals surface area (Å²) in [6.07, 6.45) is 5.67. The lowest BCUT2D eigenvalue weighted by molar-refractivity contribution is 0.132. The SMILES string of the molecule is CNC(c1cncc(-c2ccc(F)cc2)c1)[C@@H]1CCc2ccccc2O1.Cl.Cl. The Morgan fingerprint density at radius 2 is 1.79 bits per heavy atom. The molecule has 4 rings (SSSR count). The monoisotopic (exact) mass is 420 g/mol. The van der Waals surface area contributed by atoms with Crippen LogP contribution in [0, 0.1) is 5.82 Å². The lowest BCUT2D eigenvalue weighted by atomic mass is 9.93. The van der Waals surface area contributed by atoms with Gasteiger partial charge in [-0.3, -0.25) is 4.98 Å². The molecule has 0 fully saturated rings. The highest BCUT2D eigenvalue weighted by Crippen LogP contribution is 2.33. The summed E-state index contributed by atoms with van der Waals surface area (Å²) in [5.74, 6) is 0.729. The van der Waals surface area contributed by atoms with Crippen LogP contribution in [-0.4, -0.2) is 18.1 Å². The number of aromatic nitrogens is 1. The van der Waals surface area contributed by atoms with Crippen molar-refractivity contribution in [2.24, 2.45) is 0 Å². The van der Waals surface area contributed by atoms with Crippen LogP contribution in [0.5, 0.6) is 5.75 Å². The van der Waals surface area contributed by atoms with Gasteiger partial charge >= 0.3 is 0 Å². The molecule has 0 aliphatic carbocycles. The van der Waals surface area contributed by atoms with E-state index in [1.165, 1.54) is 17.7 Å². The van der Waals surface area contributed by atoms with Gasteiger partial charge in [0.05, 0.1) is 6.04 Å². The van der Waals surface area contributed by atoms with Crippen LogP contribution in [0.1, 0.15) is 23.6 Å². The summed E-state index contributed by atoms with van der Waals surface area (Å²) in [7, 11) is 1.94. The molecule has 3 aromatic rings. The summed E-state index contributed by atoms with van der Waals surface area (Å²) in [5.41, 5.74) is 4.25. The second kappa shape index (κ2) is 9.87. The second-order valence-electron chi connectivity index (χ2n) is 6.58. The maximum atomic E-state index is 13.2. The van der Waals surface area contributed by atoms with Crippen LogP contribution < -0.4 is 10.1 Å². The first-order valence-electron chi connectivity index (χ1n) is 8.87. The molecule has 148 valence electrons. The van der Waals surface area contributed by atoms with Crippen molar-refractivity contribution in [3.8, 4) is 16.9 Å². The van der Waals surface area contributed by atoms with E-state index in [2.05, 4.69) is 22.4 Å². The highest BCUT2D eigenvalue weighted by Gasteiger charge is 2.28. The summed E-state index contributed by atoms with van der Waals surface area (Å²) in [6, 6.07) is 16.8. The number of para-hydroxylation sites is 1. The molecular formula is C22H23Cl2FN2O. The topological polar surface area (TPSA) is 34.2 Å². The molecule has 1 aliphatic heterocycles. The fraction of sp³-hybridized carbons (Fsp3) is 0.227. The number of rotatable bonds is 4. The lowest BCUT2D eigenvalue weighted by Crippen LogP contribution is -2.36. The molecule has 2 heterocycles. The van der Waals surface area contributed by atoms with Crippen molar-refractivity contribution < 1.29 is 9.13 Å². The lowest BCUT2D eigenvalue weighted by Gasteiger charge is -2.32. The molecule has 1 aliphatic rings. The molecule has 0 saturated heterocycles. The predicted molar refractivity (Wildman–Crippen MR) is 115 cm³/mol. The molecule has 1 aromatic heterocycles. The Morgan fingerprint density at radius 1 is 1.04 bits per heavy atom. The predicted octanol–water partition coefficient (Wildman–Crippen LogP) is 5.39. The van der Waals surface area contributed by atoms with Crippen molar-refractivity contribution in [2.45, 2.75) is 25.0 Å². The average molecular weight is 421 g/mol. The minimum absolute atomic E-state index is 0. The van der Waals surface area contributed by atoms with Gasteiger partial charge in [0.1, 0.15) is 17.7 Å². The molecular weight excluding hydrogens is 398 g/mol. The number of nitrogens with zero attached hydrogens (tertiary/aromatic N) is 1. The minimum atomic E-state index is -0.236. The number of hydrogen-bond donors (Lipinski definition) is 1. The summed E-state index contributed by atoms with van der Waals surface area (Å²) in [5, 5.41) is 3.38. The Labute approximate surface area is 177 Å². The van der Waals surface area contributed by atoms with Crippen LogP contribution in [-0.2, 0) is 6.42 Å². The van der Waals surface area contributed by atoms with Crippen molar-refractivity contribution >= 4 is 24.8 Å². The molecule has 0 amide bonds. The van der Waals surface area contributed by atoms with Gasteiger partial charge in [-0.25, -0.2) is 4.39 Å². The summed E-state index contributed by atoms with van der Waals surface area (Å²) in [6.45, 7) is 0. The van der Waals surface area contributed by atoms with Crippen molar-refractivity contribution in [1.82, 2.24) is 10.3 Å². The van der Waals surface area contributed by atoms with E-state index in [0.29, 0.717) is 0 Å². The number of benzene rings is 2. The van der Waals surface area contributed by atoms with E-state index in [1.54, 1.807) is 18.3 Å². The molecule has 0 spiro atoms.